The molecule has 0 radical (unpaired) electrons. The van der Waals surface area contributed by atoms with Crippen LogP contribution in [-0.4, -0.2) is 140 Å². The number of amides is 2. The average Bonchev–Trinajstić information content (AvgIpc) is 3.57. The number of rotatable bonds is 10. The van der Waals surface area contributed by atoms with Gasteiger partial charge in [0.2, 0.25) is 5.91 Å². The Kier molecular flexibility index (Phi) is 9.60. The molecule has 0 unspecified atom stereocenters. The van der Waals surface area contributed by atoms with Crippen LogP contribution in [0.25, 0.3) is 0 Å². The largest absolute Gasteiger partial charge is 0.478 e. The van der Waals surface area contributed by atoms with Crippen molar-refractivity contribution in [2.45, 2.75) is 74.1 Å². The van der Waals surface area contributed by atoms with E-state index in [1.807, 2.05) is 0 Å². The molecule has 2 aliphatic heterocycles. The minimum Gasteiger partial charge on any atom is -0.478 e. The normalized spacial score (nSPS) is 31.7. The number of carbonyl (C=O) groups is 3. The maximum absolute atomic E-state index is 12.8. The van der Waals surface area contributed by atoms with Crippen molar-refractivity contribution in [2.24, 2.45) is 0 Å². The van der Waals surface area contributed by atoms with E-state index in [1.54, 1.807) is 0 Å². The second-order valence-electron chi connectivity index (χ2n) is 10.3. The molecule has 21 heteroatoms. The Morgan fingerprint density at radius 3 is 2.55 bits per heavy atom. The van der Waals surface area contributed by atoms with Crippen LogP contribution in [0.15, 0.2) is 23.3 Å². The predicted octanol–water partition coefficient (Wildman–Crippen LogP) is -6.43. The number of nitrogen functional groups attached to an aromatic ring is 1. The van der Waals surface area contributed by atoms with Crippen molar-refractivity contribution in [1.82, 2.24) is 35.2 Å². The highest BCUT2D eigenvalue weighted by Crippen LogP contribution is 2.36. The molecule has 2 amide bonds. The summed E-state index contributed by atoms with van der Waals surface area (Å²) in [4.78, 5) is 52.7. The summed E-state index contributed by atoms with van der Waals surface area (Å²) in [5.41, 5.74) is 1.53. The van der Waals surface area contributed by atoms with E-state index in [0.717, 1.165) is 17.7 Å². The number of anilines is 1. The molecule has 0 saturated carbocycles. The van der Waals surface area contributed by atoms with Crippen LogP contribution in [0.2, 0.25) is 0 Å². The molecule has 0 spiro atoms. The van der Waals surface area contributed by atoms with Crippen LogP contribution in [0.4, 0.5) is 5.82 Å². The molecule has 242 valence electrons. The number of hydrogen-bond donors (Lipinski definition) is 10. The molecule has 0 bridgehead atoms. The van der Waals surface area contributed by atoms with E-state index in [1.165, 1.54) is 12.3 Å². The summed E-state index contributed by atoms with van der Waals surface area (Å²) in [7, 11) is 0. The zero-order chi connectivity index (χ0) is 32.5. The van der Waals surface area contributed by atoms with Crippen LogP contribution in [-0.2, 0) is 24.8 Å². The fourth-order valence-electron chi connectivity index (χ4n) is 4.96. The maximum Gasteiger partial charge on any atom is 0.359 e. The van der Waals surface area contributed by atoms with Crippen molar-refractivity contribution in [3.05, 3.63) is 34.6 Å². The third-order valence-electron chi connectivity index (χ3n) is 7.23. The summed E-state index contributed by atoms with van der Waals surface area (Å²) in [5.74, 6) is -3.45. The third kappa shape index (κ3) is 6.25. The van der Waals surface area contributed by atoms with E-state index in [4.69, 9.17) is 15.2 Å². The van der Waals surface area contributed by atoms with Crippen LogP contribution in [0.5, 0.6) is 0 Å². The van der Waals surface area contributed by atoms with Gasteiger partial charge < -0.3 is 61.6 Å². The van der Waals surface area contributed by atoms with Gasteiger partial charge in [0.25, 0.3) is 11.6 Å². The number of aliphatic hydroxyl groups is 6. The molecule has 2 aromatic rings. The van der Waals surface area contributed by atoms with Crippen LogP contribution in [0, 0.1) is 0 Å². The Hall–Kier alpha value is -4.09. The van der Waals surface area contributed by atoms with Crippen LogP contribution >= 0.6 is 0 Å². The Morgan fingerprint density at radius 1 is 1.23 bits per heavy atom. The van der Waals surface area contributed by atoms with Gasteiger partial charge in [-0.2, -0.15) is 4.98 Å². The van der Waals surface area contributed by atoms with Crippen molar-refractivity contribution in [1.29, 1.82) is 0 Å². The number of aromatic nitrogens is 5. The van der Waals surface area contributed by atoms with Crippen molar-refractivity contribution in [3.63, 3.8) is 0 Å². The minimum atomic E-state index is -2.61. The van der Waals surface area contributed by atoms with E-state index >= 15 is 0 Å². The van der Waals surface area contributed by atoms with Gasteiger partial charge in [-0.15, -0.1) is 5.10 Å². The van der Waals surface area contributed by atoms with Crippen molar-refractivity contribution < 1.29 is 59.6 Å². The first kappa shape index (κ1) is 32.8. The lowest BCUT2D eigenvalue weighted by atomic mass is 9.87. The first-order chi connectivity index (χ1) is 20.7. The molecule has 0 aromatic carbocycles. The Labute approximate surface area is 246 Å². The Balaban J connectivity index is 1.51. The number of carboxylic acids is 1. The van der Waals surface area contributed by atoms with Gasteiger partial charge in [-0.1, -0.05) is 5.21 Å². The summed E-state index contributed by atoms with van der Waals surface area (Å²) in [6, 6.07) is -0.141. The molecule has 2 aromatic heterocycles. The molecule has 2 saturated heterocycles. The number of carbonyl (C=O) groups excluding carboxylic acids is 2. The van der Waals surface area contributed by atoms with E-state index in [2.05, 4.69) is 25.9 Å². The molecule has 44 heavy (non-hydrogen) atoms. The summed E-state index contributed by atoms with van der Waals surface area (Å²) < 4.78 is 12.7. The lowest BCUT2D eigenvalue weighted by Crippen LogP contribution is -2.67. The van der Waals surface area contributed by atoms with Gasteiger partial charge in [0, 0.05) is 26.1 Å². The first-order valence-electron chi connectivity index (χ1n) is 13.1. The van der Waals surface area contributed by atoms with E-state index in [-0.39, 0.29) is 5.82 Å². The van der Waals surface area contributed by atoms with Crippen LogP contribution in [0.1, 0.15) is 30.1 Å². The van der Waals surface area contributed by atoms with Crippen molar-refractivity contribution in [3.8, 4) is 0 Å². The number of carboxylic acid groups (broad SMARTS) is 1. The fourth-order valence-corrected chi connectivity index (χ4v) is 4.96. The summed E-state index contributed by atoms with van der Waals surface area (Å²) in [6.45, 7) is -0.295. The number of nitrogens with two attached hydrogens (primary N) is 1. The maximum atomic E-state index is 12.8. The number of nitrogens with one attached hydrogen (secondary N) is 2. The summed E-state index contributed by atoms with van der Waals surface area (Å²) >= 11 is 0. The summed E-state index contributed by atoms with van der Waals surface area (Å²) in [5, 5.41) is 83.5. The van der Waals surface area contributed by atoms with Gasteiger partial charge in [0.05, 0.1) is 24.9 Å². The number of aliphatic carboxylic acids is 1. The standard InChI is InChI=1S/C23H32N8O13/c1-8(33)26-14-10(34)4-23(21(40)41,44-18(14)15(36)11(35)7-32)31-6-9(28-29-31)19(39)25-5-12-16(37)17(38)20(43-12)30-3-2-13(24)27-22(30)42/h2-3,6,10-12,14-18,20,32,34-38H,4-5,7H2,1H3,(H,25,39)(H,26,33)(H,40,41)(H2,24,27,42)/t10-,11+,12+,14+,15+,16+,17+,18+,20+,23+/m0/s1. The molecule has 2 fully saturated rings. The van der Waals surface area contributed by atoms with Gasteiger partial charge in [-0.3, -0.25) is 14.2 Å². The number of nitrogens with zero attached hydrogens (tertiary/aromatic N) is 5. The first-order valence-corrected chi connectivity index (χ1v) is 13.1. The van der Waals surface area contributed by atoms with Crippen molar-refractivity contribution in [2.75, 3.05) is 18.9 Å². The molecule has 4 heterocycles. The zero-order valence-electron chi connectivity index (χ0n) is 22.9. The topological polar surface area (TPSA) is 327 Å². The van der Waals surface area contributed by atoms with Gasteiger partial charge >= 0.3 is 11.7 Å². The highest BCUT2D eigenvalue weighted by molar-refractivity contribution is 5.92. The second-order valence-corrected chi connectivity index (χ2v) is 10.3. The quantitative estimate of drug-likeness (QED) is 0.117. The molecule has 10 atom stereocenters. The smallest absolute Gasteiger partial charge is 0.359 e. The second kappa shape index (κ2) is 12.9. The molecule has 11 N–H and O–H groups in total. The lowest BCUT2D eigenvalue weighted by molar-refractivity contribution is -0.258. The van der Waals surface area contributed by atoms with E-state index in [9.17, 15) is 54.9 Å². The predicted molar refractivity (Wildman–Crippen MR) is 139 cm³/mol. The number of aliphatic hydroxyl groups excluding tert-OH is 6. The zero-order valence-corrected chi connectivity index (χ0v) is 22.9. The van der Waals surface area contributed by atoms with Gasteiger partial charge in [0.15, 0.2) is 11.9 Å². The summed E-state index contributed by atoms with van der Waals surface area (Å²) in [6.07, 6.45) is -11.7. The highest BCUT2D eigenvalue weighted by Gasteiger charge is 2.56. The molecular weight excluding hydrogens is 596 g/mol. The lowest BCUT2D eigenvalue weighted by Gasteiger charge is -2.46. The van der Waals surface area contributed by atoms with Gasteiger partial charge in [-0.25, -0.2) is 14.3 Å². The number of ether oxygens (including phenoxy) is 2. The molecule has 2 aliphatic rings. The van der Waals surface area contributed by atoms with E-state index < -0.39 is 109 Å². The van der Waals surface area contributed by atoms with Gasteiger partial charge in [0.1, 0.15) is 42.4 Å². The minimum absolute atomic E-state index is 0.0732. The molecule has 4 rings (SSSR count). The van der Waals surface area contributed by atoms with Gasteiger partial charge in [-0.05, 0) is 6.07 Å². The number of hydrogen-bond acceptors (Lipinski definition) is 16. The van der Waals surface area contributed by atoms with Crippen LogP contribution < -0.4 is 22.1 Å². The fraction of sp³-hybridized carbons (Fsp3) is 0.609. The van der Waals surface area contributed by atoms with E-state index in [0.29, 0.717) is 4.68 Å². The van der Waals surface area contributed by atoms with Crippen molar-refractivity contribution >= 4 is 23.6 Å². The highest BCUT2D eigenvalue weighted by atomic mass is 16.6. The Bertz CT molecular complexity index is 1440. The molecular formula is C23H32N8O13. The molecule has 21 nitrogen and oxygen atoms in total. The molecule has 0 aliphatic carbocycles. The Morgan fingerprint density at radius 2 is 1.93 bits per heavy atom. The van der Waals surface area contributed by atoms with Crippen LogP contribution in [0.3, 0.4) is 0 Å². The SMILES string of the molecule is CC(=O)N[C@H]1[C@H]([C@H](O)[C@H](O)CO)O[C@](C(=O)O)(n2cc(C(=O)NC[C@H]3O[C@@H](n4ccc(N)nc4=O)[C@H](O)[C@@H]3O)nn2)C[C@@H]1O. The average molecular weight is 629 g/mol. The third-order valence-corrected chi connectivity index (χ3v) is 7.23. The monoisotopic (exact) mass is 628 g/mol.